The van der Waals surface area contributed by atoms with Crippen LogP contribution in [0.4, 0.5) is 5.69 Å². The number of hydrogen-bond acceptors (Lipinski definition) is 2. The number of anilines is 1. The Morgan fingerprint density at radius 3 is 2.64 bits per heavy atom. The number of halogens is 1. The van der Waals surface area contributed by atoms with Crippen LogP contribution in [0, 0.1) is 0 Å². The van der Waals surface area contributed by atoms with Crippen LogP contribution in [0.3, 0.4) is 0 Å². The van der Waals surface area contributed by atoms with Crippen molar-refractivity contribution in [3.63, 3.8) is 0 Å². The maximum absolute atomic E-state index is 11.9. The quantitative estimate of drug-likeness (QED) is 0.779. The second kappa shape index (κ2) is 8.25. The van der Waals surface area contributed by atoms with Crippen molar-refractivity contribution in [3.05, 3.63) is 65.2 Å². The summed E-state index contributed by atoms with van der Waals surface area (Å²) < 4.78 is 5.65. The molecule has 114 valence electrons. The standard InChI is InChI=1S/C18H18ClNO2/c1-2-13-22-17-6-4-3-5-14(17)7-12-18(21)20-16-10-8-15(19)9-11-16/h3-12H,2,13H2,1H3,(H,20,21)/b12-7+. The molecule has 1 amide bonds. The predicted molar refractivity (Wildman–Crippen MR) is 91.3 cm³/mol. The van der Waals surface area contributed by atoms with Crippen molar-refractivity contribution in [2.24, 2.45) is 0 Å². The third kappa shape index (κ3) is 4.93. The van der Waals surface area contributed by atoms with Gasteiger partial charge in [-0.05, 0) is 42.8 Å². The van der Waals surface area contributed by atoms with E-state index in [1.807, 2.05) is 24.3 Å². The van der Waals surface area contributed by atoms with Crippen LogP contribution in [0.2, 0.25) is 5.02 Å². The second-order valence-electron chi connectivity index (χ2n) is 4.72. The van der Waals surface area contributed by atoms with E-state index in [1.54, 1.807) is 30.3 Å². The van der Waals surface area contributed by atoms with Crippen LogP contribution < -0.4 is 10.1 Å². The minimum Gasteiger partial charge on any atom is -0.493 e. The molecule has 0 atom stereocenters. The van der Waals surface area contributed by atoms with Gasteiger partial charge in [0.1, 0.15) is 5.75 Å². The summed E-state index contributed by atoms with van der Waals surface area (Å²) in [5, 5.41) is 3.41. The van der Waals surface area contributed by atoms with Crippen molar-refractivity contribution < 1.29 is 9.53 Å². The maximum atomic E-state index is 11.9. The minimum absolute atomic E-state index is 0.201. The molecule has 0 saturated carbocycles. The number of nitrogens with one attached hydrogen (secondary N) is 1. The van der Waals surface area contributed by atoms with E-state index in [1.165, 1.54) is 6.08 Å². The highest BCUT2D eigenvalue weighted by molar-refractivity contribution is 6.30. The summed E-state index contributed by atoms with van der Waals surface area (Å²) in [7, 11) is 0. The number of hydrogen-bond donors (Lipinski definition) is 1. The van der Waals surface area contributed by atoms with Crippen molar-refractivity contribution >= 4 is 29.3 Å². The summed E-state index contributed by atoms with van der Waals surface area (Å²) in [6, 6.07) is 14.6. The van der Waals surface area contributed by atoms with Crippen LogP contribution >= 0.6 is 11.6 Å². The Morgan fingerprint density at radius 1 is 1.18 bits per heavy atom. The molecule has 0 fully saturated rings. The summed E-state index contributed by atoms with van der Waals surface area (Å²) >= 11 is 5.81. The molecule has 0 spiro atoms. The molecule has 0 aliphatic carbocycles. The molecule has 0 bridgehead atoms. The number of para-hydroxylation sites is 1. The lowest BCUT2D eigenvalue weighted by molar-refractivity contribution is -0.111. The van der Waals surface area contributed by atoms with Crippen molar-refractivity contribution in [1.82, 2.24) is 0 Å². The molecule has 1 N–H and O–H groups in total. The second-order valence-corrected chi connectivity index (χ2v) is 5.15. The fourth-order valence-corrected chi connectivity index (χ4v) is 1.97. The van der Waals surface area contributed by atoms with Crippen molar-refractivity contribution in [3.8, 4) is 5.75 Å². The van der Waals surface area contributed by atoms with Crippen LogP contribution in [-0.2, 0) is 4.79 Å². The molecule has 2 aromatic carbocycles. The molecule has 3 nitrogen and oxygen atoms in total. The minimum atomic E-state index is -0.201. The first-order chi connectivity index (χ1) is 10.7. The topological polar surface area (TPSA) is 38.3 Å². The Labute approximate surface area is 135 Å². The third-order valence-corrected chi connectivity index (χ3v) is 3.16. The molecule has 2 aromatic rings. The third-order valence-electron chi connectivity index (χ3n) is 2.91. The number of rotatable bonds is 6. The predicted octanol–water partition coefficient (Wildman–Crippen LogP) is 4.78. The van der Waals surface area contributed by atoms with E-state index in [0.717, 1.165) is 17.7 Å². The molecule has 0 saturated heterocycles. The zero-order valence-corrected chi connectivity index (χ0v) is 13.1. The van der Waals surface area contributed by atoms with E-state index in [9.17, 15) is 4.79 Å². The van der Waals surface area contributed by atoms with Crippen LogP contribution in [0.25, 0.3) is 6.08 Å². The number of carbonyl (C=O) groups is 1. The van der Waals surface area contributed by atoms with Crippen molar-refractivity contribution in [1.29, 1.82) is 0 Å². The maximum Gasteiger partial charge on any atom is 0.248 e. The molecule has 0 aliphatic rings. The molecule has 2 rings (SSSR count). The van der Waals surface area contributed by atoms with E-state index in [0.29, 0.717) is 17.3 Å². The SMILES string of the molecule is CCCOc1ccccc1/C=C/C(=O)Nc1ccc(Cl)cc1. The smallest absolute Gasteiger partial charge is 0.248 e. The van der Waals surface area contributed by atoms with Crippen LogP contribution in [-0.4, -0.2) is 12.5 Å². The normalized spacial score (nSPS) is 10.6. The molecule has 0 unspecified atom stereocenters. The van der Waals surface area contributed by atoms with Gasteiger partial charge in [0.2, 0.25) is 5.91 Å². The summed E-state index contributed by atoms with van der Waals surface area (Å²) in [6.07, 6.45) is 4.17. The highest BCUT2D eigenvalue weighted by atomic mass is 35.5. The van der Waals surface area contributed by atoms with E-state index in [-0.39, 0.29) is 5.91 Å². The highest BCUT2D eigenvalue weighted by Crippen LogP contribution is 2.20. The van der Waals surface area contributed by atoms with Crippen LogP contribution in [0.5, 0.6) is 5.75 Å². The van der Waals surface area contributed by atoms with Crippen molar-refractivity contribution in [2.75, 3.05) is 11.9 Å². The zero-order chi connectivity index (χ0) is 15.8. The summed E-state index contributed by atoms with van der Waals surface area (Å²) in [4.78, 5) is 11.9. The fraction of sp³-hybridized carbons (Fsp3) is 0.167. The van der Waals surface area contributed by atoms with Gasteiger partial charge in [0, 0.05) is 22.3 Å². The fourth-order valence-electron chi connectivity index (χ4n) is 1.84. The lowest BCUT2D eigenvalue weighted by Gasteiger charge is -2.07. The molecule has 0 aliphatic heterocycles. The van der Waals surface area contributed by atoms with Gasteiger partial charge in [-0.2, -0.15) is 0 Å². The average Bonchev–Trinajstić information content (AvgIpc) is 2.54. The van der Waals surface area contributed by atoms with Gasteiger partial charge in [0.05, 0.1) is 6.61 Å². The number of carbonyl (C=O) groups excluding carboxylic acids is 1. The molecular weight excluding hydrogens is 298 g/mol. The number of benzene rings is 2. The summed E-state index contributed by atoms with van der Waals surface area (Å²) in [6.45, 7) is 2.71. The first-order valence-corrected chi connectivity index (χ1v) is 7.53. The highest BCUT2D eigenvalue weighted by Gasteiger charge is 2.01. The summed E-state index contributed by atoms with van der Waals surface area (Å²) in [5.74, 6) is 0.576. The average molecular weight is 316 g/mol. The molecular formula is C18H18ClNO2. The molecule has 0 radical (unpaired) electrons. The Bertz CT molecular complexity index is 650. The largest absolute Gasteiger partial charge is 0.493 e. The van der Waals surface area contributed by atoms with Gasteiger partial charge >= 0.3 is 0 Å². The number of ether oxygens (including phenoxy) is 1. The van der Waals surface area contributed by atoms with Crippen LogP contribution in [0.1, 0.15) is 18.9 Å². The van der Waals surface area contributed by atoms with Gasteiger partial charge in [0.25, 0.3) is 0 Å². The summed E-state index contributed by atoms with van der Waals surface area (Å²) in [5.41, 5.74) is 1.58. The van der Waals surface area contributed by atoms with Gasteiger partial charge < -0.3 is 10.1 Å². The monoisotopic (exact) mass is 315 g/mol. The van der Waals surface area contributed by atoms with Gasteiger partial charge in [-0.1, -0.05) is 36.7 Å². The van der Waals surface area contributed by atoms with E-state index in [2.05, 4.69) is 12.2 Å². The van der Waals surface area contributed by atoms with E-state index < -0.39 is 0 Å². The molecule has 4 heteroatoms. The first-order valence-electron chi connectivity index (χ1n) is 7.15. The van der Waals surface area contributed by atoms with E-state index >= 15 is 0 Å². The zero-order valence-electron chi connectivity index (χ0n) is 12.4. The Morgan fingerprint density at radius 2 is 1.91 bits per heavy atom. The van der Waals surface area contributed by atoms with Gasteiger partial charge in [0.15, 0.2) is 0 Å². The van der Waals surface area contributed by atoms with Crippen molar-refractivity contribution in [2.45, 2.75) is 13.3 Å². The number of amides is 1. The van der Waals surface area contributed by atoms with Crippen LogP contribution in [0.15, 0.2) is 54.6 Å². The van der Waals surface area contributed by atoms with E-state index in [4.69, 9.17) is 16.3 Å². The Balaban J connectivity index is 2.01. The molecule has 0 aromatic heterocycles. The van der Waals surface area contributed by atoms with Gasteiger partial charge in [-0.25, -0.2) is 0 Å². The lowest BCUT2D eigenvalue weighted by atomic mass is 10.2. The molecule has 0 heterocycles. The molecule has 22 heavy (non-hydrogen) atoms. The first kappa shape index (κ1) is 16.1. The van der Waals surface area contributed by atoms with Gasteiger partial charge in [-0.3, -0.25) is 4.79 Å². The Hall–Kier alpha value is -2.26. The Kier molecular flexibility index (Phi) is 6.04. The van der Waals surface area contributed by atoms with Gasteiger partial charge in [-0.15, -0.1) is 0 Å². The lowest BCUT2D eigenvalue weighted by Crippen LogP contribution is -2.07.